The fraction of sp³-hybridized carbons (Fsp3) is 0.333. The highest BCUT2D eigenvalue weighted by atomic mass is 32.2. The zero-order chi connectivity index (χ0) is 15.3. The SMILES string of the molecule is CNC(=O)COC(=O)c1ccc(S(=O)(=O)N(C)C)cc1. The normalized spacial score (nSPS) is 11.2. The van der Waals surface area contributed by atoms with E-state index < -0.39 is 21.9 Å². The molecule has 0 bridgehead atoms. The number of nitrogens with one attached hydrogen (secondary N) is 1. The summed E-state index contributed by atoms with van der Waals surface area (Å²) in [7, 11) is 0.731. The molecule has 110 valence electrons. The van der Waals surface area contributed by atoms with Crippen LogP contribution in [0.2, 0.25) is 0 Å². The van der Waals surface area contributed by atoms with Gasteiger partial charge in [0.2, 0.25) is 10.0 Å². The van der Waals surface area contributed by atoms with E-state index in [9.17, 15) is 18.0 Å². The van der Waals surface area contributed by atoms with Gasteiger partial charge in [0.05, 0.1) is 10.5 Å². The summed E-state index contributed by atoms with van der Waals surface area (Å²) in [6.45, 7) is -0.382. The Morgan fingerprint density at radius 3 is 2.20 bits per heavy atom. The number of likely N-dealkylation sites (N-methyl/N-ethyl adjacent to an activating group) is 1. The smallest absolute Gasteiger partial charge is 0.338 e. The van der Waals surface area contributed by atoms with Crippen LogP contribution >= 0.6 is 0 Å². The number of esters is 1. The molecule has 0 aliphatic heterocycles. The molecule has 0 radical (unpaired) electrons. The maximum Gasteiger partial charge on any atom is 0.338 e. The lowest BCUT2D eigenvalue weighted by molar-refractivity contribution is -0.123. The molecule has 20 heavy (non-hydrogen) atoms. The van der Waals surface area contributed by atoms with Gasteiger partial charge in [0.1, 0.15) is 0 Å². The van der Waals surface area contributed by atoms with Gasteiger partial charge in [0.15, 0.2) is 6.61 Å². The maximum absolute atomic E-state index is 11.8. The Morgan fingerprint density at radius 1 is 1.20 bits per heavy atom. The summed E-state index contributed by atoms with van der Waals surface area (Å²) in [4.78, 5) is 22.6. The lowest BCUT2D eigenvalue weighted by atomic mass is 10.2. The number of sulfonamides is 1. The standard InChI is InChI=1S/C12H16N2O5S/c1-13-11(15)8-19-12(16)9-4-6-10(7-5-9)20(17,18)14(2)3/h4-7H,8H2,1-3H3,(H,13,15). The molecule has 1 aromatic rings. The topological polar surface area (TPSA) is 92.8 Å². The number of carbonyl (C=O) groups is 2. The van der Waals surface area contributed by atoms with Gasteiger partial charge in [-0.15, -0.1) is 0 Å². The van der Waals surface area contributed by atoms with Crippen molar-refractivity contribution >= 4 is 21.9 Å². The van der Waals surface area contributed by atoms with Gasteiger partial charge < -0.3 is 10.1 Å². The number of hydrogen-bond donors (Lipinski definition) is 1. The zero-order valence-electron chi connectivity index (χ0n) is 11.4. The molecule has 0 saturated carbocycles. The first-order valence-corrected chi connectivity index (χ1v) is 7.13. The first-order chi connectivity index (χ1) is 9.28. The van der Waals surface area contributed by atoms with Crippen LogP contribution in [0, 0.1) is 0 Å². The van der Waals surface area contributed by atoms with Crippen LogP contribution in [0.4, 0.5) is 0 Å². The van der Waals surface area contributed by atoms with Gasteiger partial charge in [-0.2, -0.15) is 0 Å². The summed E-state index contributed by atoms with van der Waals surface area (Å²) >= 11 is 0. The van der Waals surface area contributed by atoms with Crippen LogP contribution in [0.3, 0.4) is 0 Å². The van der Waals surface area contributed by atoms with Crippen LogP contribution < -0.4 is 5.32 Å². The minimum atomic E-state index is -3.53. The largest absolute Gasteiger partial charge is 0.452 e. The van der Waals surface area contributed by atoms with Crippen molar-refractivity contribution < 1.29 is 22.7 Å². The highest BCUT2D eigenvalue weighted by Gasteiger charge is 2.18. The van der Waals surface area contributed by atoms with Gasteiger partial charge >= 0.3 is 5.97 Å². The number of amides is 1. The molecule has 1 aromatic carbocycles. The molecule has 0 atom stereocenters. The predicted molar refractivity (Wildman–Crippen MR) is 71.7 cm³/mol. The van der Waals surface area contributed by atoms with E-state index in [0.29, 0.717) is 0 Å². The average Bonchev–Trinajstić information content (AvgIpc) is 2.44. The molecular formula is C12H16N2O5S. The Morgan fingerprint density at radius 2 is 1.75 bits per heavy atom. The third-order valence-corrected chi connectivity index (χ3v) is 4.31. The van der Waals surface area contributed by atoms with Crippen LogP contribution in [0.5, 0.6) is 0 Å². The summed E-state index contributed by atoms with van der Waals surface area (Å²) in [6.07, 6.45) is 0. The van der Waals surface area contributed by atoms with Crippen molar-refractivity contribution in [2.24, 2.45) is 0 Å². The number of ether oxygens (including phenoxy) is 1. The quantitative estimate of drug-likeness (QED) is 0.763. The Hall–Kier alpha value is -1.93. The van der Waals surface area contributed by atoms with Crippen LogP contribution in [0.1, 0.15) is 10.4 Å². The van der Waals surface area contributed by atoms with E-state index in [2.05, 4.69) is 5.32 Å². The van der Waals surface area contributed by atoms with Gasteiger partial charge in [-0.3, -0.25) is 4.79 Å². The molecule has 0 heterocycles. The van der Waals surface area contributed by atoms with Gasteiger partial charge in [0.25, 0.3) is 5.91 Å². The summed E-state index contributed by atoms with van der Waals surface area (Å²) in [6, 6.07) is 5.29. The molecular weight excluding hydrogens is 284 g/mol. The second-order valence-electron chi connectivity index (χ2n) is 4.06. The van der Waals surface area contributed by atoms with Gasteiger partial charge in [0, 0.05) is 21.1 Å². The van der Waals surface area contributed by atoms with Crippen molar-refractivity contribution in [1.29, 1.82) is 0 Å². The number of nitrogens with zero attached hydrogens (tertiary/aromatic N) is 1. The van der Waals surface area contributed by atoms with E-state index in [-0.39, 0.29) is 17.1 Å². The zero-order valence-corrected chi connectivity index (χ0v) is 12.2. The van der Waals surface area contributed by atoms with Crippen molar-refractivity contribution in [3.05, 3.63) is 29.8 Å². The van der Waals surface area contributed by atoms with Crippen molar-refractivity contribution in [3.8, 4) is 0 Å². The number of hydrogen-bond acceptors (Lipinski definition) is 5. The molecule has 0 saturated heterocycles. The molecule has 0 unspecified atom stereocenters. The Bertz CT molecular complexity index is 593. The molecule has 0 aliphatic carbocycles. The second-order valence-corrected chi connectivity index (χ2v) is 6.21. The van der Waals surface area contributed by atoms with E-state index in [1.165, 1.54) is 45.4 Å². The highest BCUT2D eigenvalue weighted by molar-refractivity contribution is 7.89. The lowest BCUT2D eigenvalue weighted by Crippen LogP contribution is -2.25. The van der Waals surface area contributed by atoms with Crippen LogP contribution in [0.15, 0.2) is 29.2 Å². The fourth-order valence-electron chi connectivity index (χ4n) is 1.26. The number of carbonyl (C=O) groups excluding carboxylic acids is 2. The summed E-state index contributed by atoms with van der Waals surface area (Å²) in [5, 5.41) is 2.31. The van der Waals surface area contributed by atoms with Crippen molar-refractivity contribution in [1.82, 2.24) is 9.62 Å². The second kappa shape index (κ2) is 6.49. The lowest BCUT2D eigenvalue weighted by Gasteiger charge is -2.11. The average molecular weight is 300 g/mol. The summed E-state index contributed by atoms with van der Waals surface area (Å²) in [5.41, 5.74) is 0.173. The fourth-order valence-corrected chi connectivity index (χ4v) is 2.16. The Balaban J connectivity index is 2.82. The van der Waals surface area contributed by atoms with Crippen molar-refractivity contribution in [2.75, 3.05) is 27.7 Å². The van der Waals surface area contributed by atoms with Crippen LogP contribution in [-0.2, 0) is 19.6 Å². The van der Waals surface area contributed by atoms with E-state index in [1.807, 2.05) is 0 Å². The Labute approximate surface area is 117 Å². The van der Waals surface area contributed by atoms with E-state index in [0.717, 1.165) is 4.31 Å². The van der Waals surface area contributed by atoms with Crippen LogP contribution in [-0.4, -0.2) is 52.3 Å². The van der Waals surface area contributed by atoms with E-state index >= 15 is 0 Å². The molecule has 8 heteroatoms. The van der Waals surface area contributed by atoms with E-state index in [4.69, 9.17) is 4.74 Å². The number of rotatable bonds is 5. The molecule has 1 amide bonds. The Kier molecular flexibility index (Phi) is 5.23. The van der Waals surface area contributed by atoms with Gasteiger partial charge in [-0.25, -0.2) is 17.5 Å². The van der Waals surface area contributed by atoms with Crippen molar-refractivity contribution in [2.45, 2.75) is 4.90 Å². The maximum atomic E-state index is 11.8. The van der Waals surface area contributed by atoms with Crippen molar-refractivity contribution in [3.63, 3.8) is 0 Å². The minimum Gasteiger partial charge on any atom is -0.452 e. The minimum absolute atomic E-state index is 0.0744. The summed E-state index contributed by atoms with van der Waals surface area (Å²) in [5.74, 6) is -1.12. The first kappa shape index (κ1) is 16.1. The molecule has 0 spiro atoms. The van der Waals surface area contributed by atoms with E-state index in [1.54, 1.807) is 0 Å². The first-order valence-electron chi connectivity index (χ1n) is 5.69. The highest BCUT2D eigenvalue weighted by Crippen LogP contribution is 2.14. The molecule has 1 rings (SSSR count). The van der Waals surface area contributed by atoms with Gasteiger partial charge in [-0.1, -0.05) is 0 Å². The molecule has 0 aromatic heterocycles. The third kappa shape index (κ3) is 3.78. The monoisotopic (exact) mass is 300 g/mol. The molecule has 0 aliphatic rings. The molecule has 0 fully saturated rings. The van der Waals surface area contributed by atoms with Gasteiger partial charge in [-0.05, 0) is 24.3 Å². The third-order valence-electron chi connectivity index (χ3n) is 2.48. The molecule has 7 nitrogen and oxygen atoms in total. The molecule has 1 N–H and O–H groups in total. The van der Waals surface area contributed by atoms with Crippen LogP contribution in [0.25, 0.3) is 0 Å². The number of benzene rings is 1. The predicted octanol–water partition coefficient (Wildman–Crippen LogP) is -0.160. The summed E-state index contributed by atoms with van der Waals surface area (Å²) < 4.78 is 29.5.